The predicted octanol–water partition coefficient (Wildman–Crippen LogP) is 0.959. The van der Waals surface area contributed by atoms with Crippen molar-refractivity contribution < 1.29 is 13.2 Å². The Morgan fingerprint density at radius 3 is 2.31 bits per heavy atom. The molecule has 0 unspecified atom stereocenters. The fraction of sp³-hybridized carbons (Fsp3) is 0.364. The SMILES string of the molecule is Cc1ccc(S(=O)(=O)N2CCC(=O)C2)cc1. The van der Waals surface area contributed by atoms with Gasteiger partial charge in [0.1, 0.15) is 5.78 Å². The molecule has 0 aromatic heterocycles. The summed E-state index contributed by atoms with van der Waals surface area (Å²) in [7, 11) is -3.48. The van der Waals surface area contributed by atoms with Crippen LogP contribution in [0.15, 0.2) is 29.2 Å². The van der Waals surface area contributed by atoms with Crippen LogP contribution in [0, 0.1) is 6.92 Å². The Morgan fingerprint density at radius 1 is 1.19 bits per heavy atom. The summed E-state index contributed by atoms with van der Waals surface area (Å²) in [6, 6.07) is 6.66. The predicted molar refractivity (Wildman–Crippen MR) is 59.6 cm³/mol. The molecule has 1 saturated heterocycles. The van der Waals surface area contributed by atoms with Gasteiger partial charge < -0.3 is 0 Å². The van der Waals surface area contributed by atoms with Gasteiger partial charge in [-0.1, -0.05) is 17.7 Å². The van der Waals surface area contributed by atoms with Gasteiger partial charge in [0.15, 0.2) is 0 Å². The van der Waals surface area contributed by atoms with Crippen molar-refractivity contribution in [1.29, 1.82) is 0 Å². The van der Waals surface area contributed by atoms with Crippen LogP contribution < -0.4 is 0 Å². The molecule has 1 aromatic carbocycles. The first-order chi connectivity index (χ1) is 7.50. The highest BCUT2D eigenvalue weighted by molar-refractivity contribution is 7.89. The highest BCUT2D eigenvalue weighted by Gasteiger charge is 2.30. The number of carbonyl (C=O) groups excluding carboxylic acids is 1. The van der Waals surface area contributed by atoms with Crippen LogP contribution in [0.2, 0.25) is 0 Å². The van der Waals surface area contributed by atoms with Gasteiger partial charge in [0.05, 0.1) is 11.4 Å². The van der Waals surface area contributed by atoms with Crippen LogP contribution in [0.25, 0.3) is 0 Å². The zero-order valence-corrected chi connectivity index (χ0v) is 9.83. The van der Waals surface area contributed by atoms with Gasteiger partial charge in [0, 0.05) is 13.0 Å². The second kappa shape index (κ2) is 3.99. The van der Waals surface area contributed by atoms with Crippen molar-refractivity contribution in [2.45, 2.75) is 18.2 Å². The Labute approximate surface area is 94.9 Å². The lowest BCUT2D eigenvalue weighted by Gasteiger charge is -2.14. The van der Waals surface area contributed by atoms with Crippen LogP contribution in [0.1, 0.15) is 12.0 Å². The summed E-state index contributed by atoms with van der Waals surface area (Å²) in [5.41, 5.74) is 1.01. The largest absolute Gasteiger partial charge is 0.298 e. The van der Waals surface area contributed by atoms with E-state index in [9.17, 15) is 13.2 Å². The summed E-state index contributed by atoms with van der Waals surface area (Å²) in [6.07, 6.45) is 0.324. The van der Waals surface area contributed by atoms with E-state index in [1.165, 1.54) is 4.31 Å². The van der Waals surface area contributed by atoms with Crippen LogP contribution >= 0.6 is 0 Å². The zero-order valence-electron chi connectivity index (χ0n) is 9.01. The minimum absolute atomic E-state index is 0.0101. The van der Waals surface area contributed by atoms with Crippen molar-refractivity contribution in [1.82, 2.24) is 4.31 Å². The summed E-state index contributed by atoms with van der Waals surface area (Å²) < 4.78 is 25.4. The number of Topliss-reactive ketones (excluding diaryl/α,β-unsaturated/α-hetero) is 1. The van der Waals surface area contributed by atoms with E-state index in [0.717, 1.165) is 5.56 Å². The number of aryl methyl sites for hydroxylation is 1. The van der Waals surface area contributed by atoms with E-state index in [1.54, 1.807) is 24.3 Å². The molecule has 0 bridgehead atoms. The van der Waals surface area contributed by atoms with E-state index >= 15 is 0 Å². The van der Waals surface area contributed by atoms with E-state index in [-0.39, 0.29) is 17.2 Å². The maximum Gasteiger partial charge on any atom is 0.243 e. The van der Waals surface area contributed by atoms with E-state index in [2.05, 4.69) is 0 Å². The van der Waals surface area contributed by atoms with Crippen molar-refractivity contribution in [3.8, 4) is 0 Å². The molecular weight excluding hydrogens is 226 g/mol. The van der Waals surface area contributed by atoms with Gasteiger partial charge in [-0.2, -0.15) is 4.31 Å². The minimum atomic E-state index is -3.48. The van der Waals surface area contributed by atoms with Crippen LogP contribution in [0.3, 0.4) is 0 Å². The number of ketones is 1. The van der Waals surface area contributed by atoms with Gasteiger partial charge in [-0.05, 0) is 19.1 Å². The Bertz CT molecular complexity index is 505. The molecule has 16 heavy (non-hydrogen) atoms. The Morgan fingerprint density at radius 2 is 1.81 bits per heavy atom. The molecule has 1 aromatic rings. The maximum absolute atomic E-state index is 12.1. The number of hydrogen-bond acceptors (Lipinski definition) is 3. The molecule has 0 radical (unpaired) electrons. The molecule has 0 spiro atoms. The number of hydrogen-bond donors (Lipinski definition) is 0. The summed E-state index contributed by atoms with van der Waals surface area (Å²) in [5.74, 6) is -0.0179. The molecule has 0 amide bonds. The van der Waals surface area contributed by atoms with Crippen molar-refractivity contribution >= 4 is 15.8 Å². The second-order valence-corrected chi connectivity index (χ2v) is 5.88. The second-order valence-electron chi connectivity index (χ2n) is 3.94. The molecule has 86 valence electrons. The van der Waals surface area contributed by atoms with Gasteiger partial charge in [-0.15, -0.1) is 0 Å². The van der Waals surface area contributed by atoms with E-state index in [0.29, 0.717) is 13.0 Å². The fourth-order valence-corrected chi connectivity index (χ4v) is 3.09. The fourth-order valence-electron chi connectivity index (χ4n) is 1.67. The van der Waals surface area contributed by atoms with E-state index < -0.39 is 10.0 Å². The standard InChI is InChI=1S/C11H13NO3S/c1-9-2-4-11(5-3-9)16(14,15)12-7-6-10(13)8-12/h2-5H,6-8H2,1H3. The number of sulfonamides is 1. The van der Waals surface area contributed by atoms with Crippen LogP contribution in [-0.2, 0) is 14.8 Å². The van der Waals surface area contributed by atoms with E-state index in [4.69, 9.17) is 0 Å². The third-order valence-electron chi connectivity index (χ3n) is 2.65. The minimum Gasteiger partial charge on any atom is -0.298 e. The normalized spacial score (nSPS) is 17.9. The average Bonchev–Trinajstić information content (AvgIpc) is 2.66. The topological polar surface area (TPSA) is 54.5 Å². The van der Waals surface area contributed by atoms with Gasteiger partial charge in [0.2, 0.25) is 10.0 Å². The molecule has 0 N–H and O–H groups in total. The summed E-state index contributed by atoms with van der Waals surface area (Å²) in [6.45, 7) is 2.21. The zero-order chi connectivity index (χ0) is 11.8. The van der Waals surface area contributed by atoms with Crippen molar-refractivity contribution in [2.75, 3.05) is 13.1 Å². The van der Waals surface area contributed by atoms with Crippen molar-refractivity contribution in [2.24, 2.45) is 0 Å². The number of nitrogens with zero attached hydrogens (tertiary/aromatic N) is 1. The summed E-state index contributed by atoms with van der Waals surface area (Å²) in [4.78, 5) is 11.3. The summed E-state index contributed by atoms with van der Waals surface area (Å²) in [5, 5.41) is 0. The maximum atomic E-state index is 12.1. The highest BCUT2D eigenvalue weighted by Crippen LogP contribution is 2.19. The molecule has 1 fully saturated rings. The number of rotatable bonds is 2. The monoisotopic (exact) mass is 239 g/mol. The van der Waals surface area contributed by atoms with Crippen molar-refractivity contribution in [3.63, 3.8) is 0 Å². The first-order valence-corrected chi connectivity index (χ1v) is 6.53. The molecule has 1 heterocycles. The third-order valence-corrected chi connectivity index (χ3v) is 4.51. The first-order valence-electron chi connectivity index (χ1n) is 5.09. The van der Waals surface area contributed by atoms with Crippen LogP contribution in [0.4, 0.5) is 0 Å². The number of benzene rings is 1. The molecule has 0 aliphatic carbocycles. The Hall–Kier alpha value is -1.20. The molecule has 0 saturated carbocycles. The van der Waals surface area contributed by atoms with Crippen molar-refractivity contribution in [3.05, 3.63) is 29.8 Å². The molecule has 2 rings (SSSR count). The molecule has 1 aliphatic rings. The summed E-state index contributed by atoms with van der Waals surface area (Å²) >= 11 is 0. The molecule has 0 atom stereocenters. The Balaban J connectivity index is 2.32. The van der Waals surface area contributed by atoms with Crippen LogP contribution in [-0.4, -0.2) is 31.6 Å². The lowest BCUT2D eigenvalue weighted by atomic mass is 10.2. The molecular formula is C11H13NO3S. The smallest absolute Gasteiger partial charge is 0.243 e. The van der Waals surface area contributed by atoms with E-state index in [1.807, 2.05) is 6.92 Å². The molecule has 5 heteroatoms. The van der Waals surface area contributed by atoms with Gasteiger partial charge in [-0.3, -0.25) is 4.79 Å². The molecule has 1 aliphatic heterocycles. The molecule has 4 nitrogen and oxygen atoms in total. The third kappa shape index (κ3) is 2.01. The lowest BCUT2D eigenvalue weighted by Crippen LogP contribution is -2.28. The Kier molecular flexibility index (Phi) is 2.82. The van der Waals surface area contributed by atoms with Crippen LogP contribution in [0.5, 0.6) is 0 Å². The number of carbonyl (C=O) groups is 1. The quantitative estimate of drug-likeness (QED) is 0.772. The van der Waals surface area contributed by atoms with Gasteiger partial charge in [-0.25, -0.2) is 8.42 Å². The van der Waals surface area contributed by atoms with Gasteiger partial charge >= 0.3 is 0 Å². The lowest BCUT2D eigenvalue weighted by molar-refractivity contribution is -0.116. The average molecular weight is 239 g/mol. The highest BCUT2D eigenvalue weighted by atomic mass is 32.2. The van der Waals surface area contributed by atoms with Gasteiger partial charge in [0.25, 0.3) is 0 Å². The first kappa shape index (κ1) is 11.3.